The van der Waals surface area contributed by atoms with E-state index in [1.807, 2.05) is 0 Å². The van der Waals surface area contributed by atoms with Gasteiger partial charge in [-0.15, -0.1) is 0 Å². The molecule has 2 rings (SSSR count). The van der Waals surface area contributed by atoms with Gasteiger partial charge in [0.25, 0.3) is 0 Å². The third-order valence-electron chi connectivity index (χ3n) is 3.39. The van der Waals surface area contributed by atoms with Crippen molar-refractivity contribution in [1.82, 2.24) is 4.72 Å². The predicted octanol–water partition coefficient (Wildman–Crippen LogP) is 2.55. The maximum absolute atomic E-state index is 12.4. The van der Waals surface area contributed by atoms with Crippen LogP contribution in [0.3, 0.4) is 0 Å². The van der Waals surface area contributed by atoms with E-state index in [0.717, 1.165) is 25.7 Å². The van der Waals surface area contributed by atoms with Crippen molar-refractivity contribution in [3.8, 4) is 0 Å². The van der Waals surface area contributed by atoms with Crippen LogP contribution in [0.15, 0.2) is 27.6 Å². The maximum Gasteiger partial charge on any atom is 0.241 e. The van der Waals surface area contributed by atoms with Crippen molar-refractivity contribution in [2.75, 3.05) is 0 Å². The Labute approximate surface area is 122 Å². The number of halogens is 1. The fourth-order valence-electron chi connectivity index (χ4n) is 2.36. The molecule has 0 bridgehead atoms. The summed E-state index contributed by atoms with van der Waals surface area (Å²) in [7, 11) is -3.53. The number of sulfonamides is 1. The Kier molecular flexibility index (Phi) is 5.00. The van der Waals surface area contributed by atoms with E-state index in [4.69, 9.17) is 5.11 Å². The zero-order valence-electron chi connectivity index (χ0n) is 10.6. The van der Waals surface area contributed by atoms with Crippen LogP contribution >= 0.6 is 15.9 Å². The number of benzene rings is 1. The molecule has 19 heavy (non-hydrogen) atoms. The third-order valence-corrected chi connectivity index (χ3v) is 5.91. The van der Waals surface area contributed by atoms with E-state index in [2.05, 4.69) is 20.7 Å². The predicted molar refractivity (Wildman–Crippen MR) is 77.3 cm³/mol. The highest BCUT2D eigenvalue weighted by atomic mass is 79.9. The van der Waals surface area contributed by atoms with Gasteiger partial charge in [-0.25, -0.2) is 13.1 Å². The summed E-state index contributed by atoms with van der Waals surface area (Å²) in [4.78, 5) is 0.199. The minimum atomic E-state index is -3.53. The van der Waals surface area contributed by atoms with Crippen molar-refractivity contribution in [2.24, 2.45) is 0 Å². The number of aliphatic hydroxyl groups excluding tert-OH is 1. The van der Waals surface area contributed by atoms with Crippen LogP contribution in [0.5, 0.6) is 0 Å². The molecule has 1 saturated carbocycles. The summed E-state index contributed by atoms with van der Waals surface area (Å²) < 4.78 is 28.0. The molecule has 4 nitrogen and oxygen atoms in total. The van der Waals surface area contributed by atoms with Crippen molar-refractivity contribution in [3.63, 3.8) is 0 Å². The van der Waals surface area contributed by atoms with Gasteiger partial charge < -0.3 is 5.11 Å². The minimum absolute atomic E-state index is 0.0310. The molecular weight excluding hydrogens is 330 g/mol. The molecule has 1 aliphatic carbocycles. The van der Waals surface area contributed by atoms with Crippen molar-refractivity contribution in [1.29, 1.82) is 0 Å². The number of hydrogen-bond acceptors (Lipinski definition) is 3. The number of aliphatic hydroxyl groups is 1. The fraction of sp³-hybridized carbons (Fsp3) is 0.538. The fourth-order valence-corrected chi connectivity index (χ4v) is 4.67. The molecule has 0 atom stereocenters. The Hall–Kier alpha value is -0.430. The summed E-state index contributed by atoms with van der Waals surface area (Å²) in [6, 6.07) is 4.89. The second kappa shape index (κ2) is 6.35. The Morgan fingerprint density at radius 1 is 1.26 bits per heavy atom. The van der Waals surface area contributed by atoms with Crippen molar-refractivity contribution >= 4 is 26.0 Å². The van der Waals surface area contributed by atoms with Crippen LogP contribution in [0.25, 0.3) is 0 Å². The first kappa shape index (κ1) is 15.0. The number of rotatable bonds is 4. The van der Waals surface area contributed by atoms with Gasteiger partial charge in [0.15, 0.2) is 0 Å². The summed E-state index contributed by atoms with van der Waals surface area (Å²) in [5.74, 6) is 0. The van der Waals surface area contributed by atoms with Crippen LogP contribution < -0.4 is 4.72 Å². The standard InChI is InChI=1S/C13H18BrNO3S/c14-12-7-6-10(9-16)8-13(12)19(17,18)15-11-4-2-1-3-5-11/h6-8,11,15-16H,1-5,9H2. The van der Waals surface area contributed by atoms with Gasteiger partial charge in [-0.05, 0) is 46.5 Å². The largest absolute Gasteiger partial charge is 0.392 e. The number of hydrogen-bond donors (Lipinski definition) is 2. The number of nitrogens with one attached hydrogen (secondary N) is 1. The Morgan fingerprint density at radius 2 is 1.95 bits per heavy atom. The highest BCUT2D eigenvalue weighted by Crippen LogP contribution is 2.25. The Bertz CT molecular complexity index is 539. The summed E-state index contributed by atoms with van der Waals surface area (Å²) in [6.07, 6.45) is 5.13. The van der Waals surface area contributed by atoms with Gasteiger partial charge in [-0.3, -0.25) is 0 Å². The van der Waals surface area contributed by atoms with E-state index < -0.39 is 10.0 Å². The van der Waals surface area contributed by atoms with Gasteiger partial charge in [0.1, 0.15) is 0 Å². The van der Waals surface area contributed by atoms with E-state index in [1.165, 1.54) is 12.5 Å². The van der Waals surface area contributed by atoms with E-state index in [0.29, 0.717) is 10.0 Å². The van der Waals surface area contributed by atoms with Crippen LogP contribution in [0.4, 0.5) is 0 Å². The lowest BCUT2D eigenvalue weighted by molar-refractivity contribution is 0.281. The first-order valence-corrected chi connectivity index (χ1v) is 8.72. The van der Waals surface area contributed by atoms with Gasteiger partial charge >= 0.3 is 0 Å². The molecule has 0 spiro atoms. The SMILES string of the molecule is O=S(=O)(NC1CCCCC1)c1cc(CO)ccc1Br. The Balaban J connectivity index is 2.23. The summed E-state index contributed by atoms with van der Waals surface area (Å²) in [6.45, 7) is -0.167. The van der Waals surface area contributed by atoms with Crippen LogP contribution in [0.1, 0.15) is 37.7 Å². The zero-order chi connectivity index (χ0) is 13.9. The van der Waals surface area contributed by atoms with Crippen molar-refractivity contribution < 1.29 is 13.5 Å². The lowest BCUT2D eigenvalue weighted by Crippen LogP contribution is -2.36. The molecule has 1 fully saturated rings. The zero-order valence-corrected chi connectivity index (χ0v) is 13.0. The summed E-state index contributed by atoms with van der Waals surface area (Å²) in [5, 5.41) is 9.11. The van der Waals surface area contributed by atoms with Crippen LogP contribution in [0.2, 0.25) is 0 Å². The second-order valence-corrected chi connectivity index (χ2v) is 7.42. The van der Waals surface area contributed by atoms with E-state index >= 15 is 0 Å². The normalized spacial score (nSPS) is 17.6. The van der Waals surface area contributed by atoms with Crippen LogP contribution in [-0.2, 0) is 16.6 Å². The molecule has 0 unspecified atom stereocenters. The van der Waals surface area contributed by atoms with Gasteiger partial charge in [-0.2, -0.15) is 0 Å². The van der Waals surface area contributed by atoms with E-state index in [-0.39, 0.29) is 17.5 Å². The highest BCUT2D eigenvalue weighted by Gasteiger charge is 2.23. The average Bonchev–Trinajstić information content (AvgIpc) is 2.39. The first-order chi connectivity index (χ1) is 9.03. The molecule has 0 aromatic heterocycles. The van der Waals surface area contributed by atoms with Gasteiger partial charge in [0, 0.05) is 10.5 Å². The molecule has 0 radical (unpaired) electrons. The van der Waals surface area contributed by atoms with Crippen molar-refractivity contribution in [2.45, 2.75) is 49.6 Å². The molecule has 106 valence electrons. The minimum Gasteiger partial charge on any atom is -0.392 e. The third kappa shape index (κ3) is 3.78. The molecule has 0 heterocycles. The van der Waals surface area contributed by atoms with Gasteiger partial charge in [0.2, 0.25) is 10.0 Å². The molecule has 1 aromatic carbocycles. The van der Waals surface area contributed by atoms with Crippen molar-refractivity contribution in [3.05, 3.63) is 28.2 Å². The smallest absolute Gasteiger partial charge is 0.241 e. The monoisotopic (exact) mass is 347 g/mol. The first-order valence-electron chi connectivity index (χ1n) is 6.44. The molecule has 1 aromatic rings. The highest BCUT2D eigenvalue weighted by molar-refractivity contribution is 9.10. The molecule has 2 N–H and O–H groups in total. The molecule has 0 amide bonds. The lowest BCUT2D eigenvalue weighted by atomic mass is 9.96. The molecule has 0 saturated heterocycles. The van der Waals surface area contributed by atoms with Crippen LogP contribution in [-0.4, -0.2) is 19.6 Å². The molecular formula is C13H18BrNO3S. The van der Waals surface area contributed by atoms with Gasteiger partial charge in [0.05, 0.1) is 11.5 Å². The molecule has 0 aliphatic heterocycles. The quantitative estimate of drug-likeness (QED) is 0.879. The molecule has 1 aliphatic rings. The van der Waals surface area contributed by atoms with E-state index in [9.17, 15) is 8.42 Å². The summed E-state index contributed by atoms with van der Waals surface area (Å²) in [5.41, 5.74) is 0.590. The second-order valence-electron chi connectivity index (χ2n) is 4.88. The molecule has 6 heteroatoms. The summed E-state index contributed by atoms with van der Waals surface area (Å²) >= 11 is 3.26. The maximum atomic E-state index is 12.4. The lowest BCUT2D eigenvalue weighted by Gasteiger charge is -2.23. The topological polar surface area (TPSA) is 66.4 Å². The Morgan fingerprint density at radius 3 is 2.58 bits per heavy atom. The van der Waals surface area contributed by atoms with Gasteiger partial charge in [-0.1, -0.05) is 25.3 Å². The average molecular weight is 348 g/mol. The van der Waals surface area contributed by atoms with Crippen LogP contribution in [0, 0.1) is 0 Å². The van der Waals surface area contributed by atoms with E-state index in [1.54, 1.807) is 12.1 Å².